The Bertz CT molecular complexity index is 188. The summed E-state index contributed by atoms with van der Waals surface area (Å²) in [6.45, 7) is 1.08. The summed E-state index contributed by atoms with van der Waals surface area (Å²) in [6, 6.07) is 0.522. The molecular formula is C11H19F2N. The number of alkyl halides is 2. The third kappa shape index (κ3) is 2.66. The summed E-state index contributed by atoms with van der Waals surface area (Å²) in [4.78, 5) is 0. The van der Waals surface area contributed by atoms with E-state index in [1.165, 1.54) is 12.8 Å². The molecule has 0 aromatic carbocycles. The first kappa shape index (κ1) is 10.3. The smallest absolute Gasteiger partial charge is 0.248 e. The lowest BCUT2D eigenvalue weighted by Gasteiger charge is -2.30. The van der Waals surface area contributed by atoms with Gasteiger partial charge in [0.2, 0.25) is 5.92 Å². The number of hydrogen-bond donors (Lipinski definition) is 1. The fourth-order valence-corrected chi connectivity index (χ4v) is 2.84. The fourth-order valence-electron chi connectivity index (χ4n) is 2.84. The normalized spacial score (nSPS) is 37.3. The van der Waals surface area contributed by atoms with Crippen molar-refractivity contribution in [3.05, 3.63) is 0 Å². The third-order valence-corrected chi connectivity index (χ3v) is 3.52. The predicted octanol–water partition coefficient (Wildman–Crippen LogP) is 2.95. The molecule has 0 aromatic heterocycles. The Hall–Kier alpha value is -0.180. The van der Waals surface area contributed by atoms with Crippen molar-refractivity contribution in [2.24, 2.45) is 5.92 Å². The van der Waals surface area contributed by atoms with Crippen LogP contribution >= 0.6 is 0 Å². The van der Waals surface area contributed by atoms with Crippen LogP contribution in [0.3, 0.4) is 0 Å². The zero-order valence-electron chi connectivity index (χ0n) is 8.57. The van der Waals surface area contributed by atoms with Crippen molar-refractivity contribution >= 4 is 0 Å². The van der Waals surface area contributed by atoms with E-state index in [-0.39, 0.29) is 18.8 Å². The Balaban J connectivity index is 1.79. The van der Waals surface area contributed by atoms with Crippen LogP contribution in [0.15, 0.2) is 0 Å². The van der Waals surface area contributed by atoms with Crippen LogP contribution in [0.2, 0.25) is 0 Å². The van der Waals surface area contributed by atoms with Gasteiger partial charge in [0.15, 0.2) is 0 Å². The highest BCUT2D eigenvalue weighted by Crippen LogP contribution is 2.38. The number of nitrogens with one attached hydrogen (secondary N) is 1. The van der Waals surface area contributed by atoms with E-state index in [0.717, 1.165) is 19.4 Å². The van der Waals surface area contributed by atoms with Crippen LogP contribution in [0.5, 0.6) is 0 Å². The molecule has 1 heterocycles. The topological polar surface area (TPSA) is 12.0 Å². The molecule has 1 N–H and O–H groups in total. The molecule has 14 heavy (non-hydrogen) atoms. The molecule has 2 rings (SSSR count). The molecule has 0 bridgehead atoms. The van der Waals surface area contributed by atoms with Gasteiger partial charge in [0, 0.05) is 18.9 Å². The van der Waals surface area contributed by atoms with Gasteiger partial charge in [-0.3, -0.25) is 0 Å². The maximum Gasteiger partial charge on any atom is 0.248 e. The van der Waals surface area contributed by atoms with Gasteiger partial charge < -0.3 is 5.32 Å². The lowest BCUT2D eigenvalue weighted by atomic mass is 9.82. The molecule has 2 aliphatic rings. The Labute approximate surface area is 84.3 Å². The molecule has 82 valence electrons. The van der Waals surface area contributed by atoms with Gasteiger partial charge in [0.05, 0.1) is 0 Å². The Morgan fingerprint density at radius 3 is 2.71 bits per heavy atom. The minimum atomic E-state index is -2.37. The van der Waals surface area contributed by atoms with Crippen LogP contribution in [0, 0.1) is 5.92 Å². The van der Waals surface area contributed by atoms with Gasteiger partial charge in [0.1, 0.15) is 0 Å². The zero-order valence-corrected chi connectivity index (χ0v) is 8.57. The largest absolute Gasteiger partial charge is 0.314 e. The van der Waals surface area contributed by atoms with Crippen molar-refractivity contribution in [3.63, 3.8) is 0 Å². The molecule has 1 aliphatic heterocycles. The molecule has 1 nitrogen and oxygen atoms in total. The summed E-state index contributed by atoms with van der Waals surface area (Å²) in [5.41, 5.74) is 0. The second kappa shape index (κ2) is 4.13. The van der Waals surface area contributed by atoms with E-state index >= 15 is 0 Å². The van der Waals surface area contributed by atoms with E-state index in [1.807, 2.05) is 0 Å². The molecule has 0 spiro atoms. The summed E-state index contributed by atoms with van der Waals surface area (Å²) in [5, 5.41) is 3.39. The molecular weight excluding hydrogens is 184 g/mol. The summed E-state index contributed by atoms with van der Waals surface area (Å²) in [5.74, 6) is -2.11. The predicted molar refractivity (Wildman–Crippen MR) is 52.5 cm³/mol. The Morgan fingerprint density at radius 1 is 1.21 bits per heavy atom. The van der Waals surface area contributed by atoms with E-state index in [9.17, 15) is 8.78 Å². The molecule has 0 aromatic rings. The van der Waals surface area contributed by atoms with Gasteiger partial charge in [-0.2, -0.15) is 0 Å². The monoisotopic (exact) mass is 203 g/mol. The molecule has 1 saturated heterocycles. The first-order valence-electron chi connectivity index (χ1n) is 5.77. The van der Waals surface area contributed by atoms with Crippen LogP contribution in [0.25, 0.3) is 0 Å². The minimum absolute atomic E-state index is 0.113. The van der Waals surface area contributed by atoms with E-state index < -0.39 is 5.92 Å². The molecule has 2 unspecified atom stereocenters. The number of halogens is 2. The average molecular weight is 203 g/mol. The highest BCUT2D eigenvalue weighted by molar-refractivity contribution is 4.83. The van der Waals surface area contributed by atoms with Gasteiger partial charge in [0.25, 0.3) is 0 Å². The van der Waals surface area contributed by atoms with E-state index in [0.29, 0.717) is 12.5 Å². The highest BCUT2D eigenvalue weighted by Gasteiger charge is 2.37. The van der Waals surface area contributed by atoms with E-state index in [1.54, 1.807) is 0 Å². The molecule has 3 heteroatoms. The molecule has 1 aliphatic carbocycles. The van der Waals surface area contributed by atoms with Gasteiger partial charge in [-0.1, -0.05) is 0 Å². The summed E-state index contributed by atoms with van der Waals surface area (Å²) in [7, 11) is 0. The second-order valence-electron chi connectivity index (χ2n) is 4.85. The van der Waals surface area contributed by atoms with Gasteiger partial charge in [-0.05, 0) is 44.6 Å². The number of rotatable bonds is 2. The summed E-state index contributed by atoms with van der Waals surface area (Å²) in [6.07, 6.45) is 5.33. The molecule has 0 radical (unpaired) electrons. The first-order chi connectivity index (χ1) is 6.66. The quantitative estimate of drug-likeness (QED) is 0.727. The third-order valence-electron chi connectivity index (χ3n) is 3.52. The lowest BCUT2D eigenvalue weighted by molar-refractivity contribution is -0.0545. The standard InChI is InChI=1S/C11H19F2N/c12-11(13)5-1-3-9(8-11)7-10-4-2-6-14-10/h9-10,14H,1-8H2. The maximum atomic E-state index is 13.1. The van der Waals surface area contributed by atoms with E-state index in [4.69, 9.17) is 0 Å². The second-order valence-corrected chi connectivity index (χ2v) is 4.85. The first-order valence-corrected chi connectivity index (χ1v) is 5.77. The molecule has 1 saturated carbocycles. The van der Waals surface area contributed by atoms with Crippen molar-refractivity contribution in [1.29, 1.82) is 0 Å². The highest BCUT2D eigenvalue weighted by atomic mass is 19.3. The van der Waals surface area contributed by atoms with Crippen molar-refractivity contribution in [2.75, 3.05) is 6.54 Å². The SMILES string of the molecule is FC1(F)CCCC(CC2CCCN2)C1. The fraction of sp³-hybridized carbons (Fsp3) is 1.00. The summed E-state index contributed by atoms with van der Waals surface area (Å²) >= 11 is 0. The van der Waals surface area contributed by atoms with Crippen molar-refractivity contribution in [2.45, 2.75) is 56.9 Å². The van der Waals surface area contributed by atoms with Crippen molar-refractivity contribution in [3.8, 4) is 0 Å². The zero-order chi connectivity index (χ0) is 10.0. The van der Waals surface area contributed by atoms with Crippen LogP contribution < -0.4 is 5.32 Å². The molecule has 0 amide bonds. The van der Waals surface area contributed by atoms with Crippen molar-refractivity contribution in [1.82, 2.24) is 5.32 Å². The average Bonchev–Trinajstić information content (AvgIpc) is 2.54. The van der Waals surface area contributed by atoms with Crippen LogP contribution in [0.4, 0.5) is 8.78 Å². The lowest BCUT2D eigenvalue weighted by Crippen LogP contribution is -2.31. The van der Waals surface area contributed by atoms with Crippen LogP contribution in [-0.2, 0) is 0 Å². The van der Waals surface area contributed by atoms with Gasteiger partial charge >= 0.3 is 0 Å². The number of hydrogen-bond acceptors (Lipinski definition) is 1. The molecule has 2 atom stereocenters. The van der Waals surface area contributed by atoms with Gasteiger partial charge in [-0.15, -0.1) is 0 Å². The Kier molecular flexibility index (Phi) is 3.05. The van der Waals surface area contributed by atoms with Crippen LogP contribution in [0.1, 0.15) is 44.9 Å². The maximum absolute atomic E-state index is 13.1. The minimum Gasteiger partial charge on any atom is -0.314 e. The van der Waals surface area contributed by atoms with Crippen molar-refractivity contribution < 1.29 is 8.78 Å². The van der Waals surface area contributed by atoms with Gasteiger partial charge in [-0.25, -0.2) is 8.78 Å². The molecule has 2 fully saturated rings. The summed E-state index contributed by atoms with van der Waals surface area (Å²) < 4.78 is 26.2. The van der Waals surface area contributed by atoms with E-state index in [2.05, 4.69) is 5.32 Å². The Morgan fingerprint density at radius 2 is 2.07 bits per heavy atom. The van der Waals surface area contributed by atoms with Crippen LogP contribution in [-0.4, -0.2) is 18.5 Å².